The van der Waals surface area contributed by atoms with Crippen molar-refractivity contribution in [1.29, 1.82) is 0 Å². The quantitative estimate of drug-likeness (QED) is 0.473. The molecular formula is C11H12N. The number of allylic oxidation sites excluding steroid dienone is 1. The molecule has 0 spiro atoms. The van der Waals surface area contributed by atoms with E-state index >= 15 is 0 Å². The van der Waals surface area contributed by atoms with Crippen LogP contribution in [0.3, 0.4) is 0 Å². The molecule has 0 aliphatic heterocycles. The fourth-order valence-electron chi connectivity index (χ4n) is 1.01. The van der Waals surface area contributed by atoms with Crippen molar-refractivity contribution in [3.8, 4) is 0 Å². The first-order valence-electron chi connectivity index (χ1n) is 4.05. The molecular weight excluding hydrogens is 146 g/mol. The highest BCUT2D eigenvalue weighted by molar-refractivity contribution is 5.98. The Morgan fingerprint density at radius 1 is 1.33 bits per heavy atom. The lowest BCUT2D eigenvalue weighted by Gasteiger charge is -1.98. The van der Waals surface area contributed by atoms with Crippen molar-refractivity contribution in [1.82, 2.24) is 5.41 Å². The van der Waals surface area contributed by atoms with Crippen molar-refractivity contribution < 1.29 is 0 Å². The van der Waals surface area contributed by atoms with E-state index in [0.29, 0.717) is 12.1 Å². The minimum atomic E-state index is 0.440. The zero-order chi connectivity index (χ0) is 8.81. The summed E-state index contributed by atoms with van der Waals surface area (Å²) in [6, 6.07) is 9.57. The summed E-state index contributed by atoms with van der Waals surface area (Å²) in [5, 5.41) is 9.52. The maximum absolute atomic E-state index is 9.52. The number of nitrogens with zero attached hydrogens (tertiary/aromatic N) is 1. The molecule has 0 aromatic heterocycles. The molecule has 1 aromatic carbocycles. The van der Waals surface area contributed by atoms with Crippen LogP contribution in [0.1, 0.15) is 18.4 Å². The van der Waals surface area contributed by atoms with E-state index < -0.39 is 0 Å². The van der Waals surface area contributed by atoms with Crippen LogP contribution in [0.25, 0.3) is 0 Å². The van der Waals surface area contributed by atoms with Crippen LogP contribution in [0.15, 0.2) is 43.0 Å². The first kappa shape index (κ1) is 8.72. The highest BCUT2D eigenvalue weighted by atomic mass is 14.4. The number of benzene rings is 1. The maximum Gasteiger partial charge on any atom is 0.0705 e. The van der Waals surface area contributed by atoms with E-state index in [2.05, 4.69) is 6.58 Å². The molecule has 0 aliphatic rings. The largest absolute Gasteiger partial charge is 0.155 e. The molecule has 1 rings (SSSR count). The molecule has 0 unspecified atom stereocenters. The van der Waals surface area contributed by atoms with Gasteiger partial charge in [-0.2, -0.15) is 5.41 Å². The number of hydrogen-bond acceptors (Lipinski definition) is 0. The van der Waals surface area contributed by atoms with Crippen molar-refractivity contribution in [3.05, 3.63) is 48.6 Å². The SMILES string of the molecule is C=CCCC(=[N])c1ccccc1. The lowest BCUT2D eigenvalue weighted by Crippen LogP contribution is -2.00. The average molecular weight is 158 g/mol. The van der Waals surface area contributed by atoms with Crippen LogP contribution in [0, 0.1) is 0 Å². The predicted octanol–water partition coefficient (Wildman–Crippen LogP) is 2.24. The molecule has 61 valence electrons. The predicted molar refractivity (Wildman–Crippen MR) is 52.1 cm³/mol. The molecule has 1 aromatic rings. The van der Waals surface area contributed by atoms with Gasteiger partial charge in [-0.3, -0.25) is 0 Å². The Hall–Kier alpha value is -1.37. The maximum atomic E-state index is 9.52. The summed E-state index contributed by atoms with van der Waals surface area (Å²) < 4.78 is 0. The second kappa shape index (κ2) is 4.50. The van der Waals surface area contributed by atoms with Crippen LogP contribution in [0.4, 0.5) is 0 Å². The summed E-state index contributed by atoms with van der Waals surface area (Å²) in [6.07, 6.45) is 3.30. The third-order valence-electron chi connectivity index (χ3n) is 1.69. The summed E-state index contributed by atoms with van der Waals surface area (Å²) in [6.45, 7) is 3.60. The Kier molecular flexibility index (Phi) is 3.27. The van der Waals surface area contributed by atoms with Crippen LogP contribution in [0.5, 0.6) is 0 Å². The smallest absolute Gasteiger partial charge is 0.0705 e. The van der Waals surface area contributed by atoms with Crippen molar-refractivity contribution in [2.24, 2.45) is 0 Å². The van der Waals surface area contributed by atoms with E-state index in [1.807, 2.05) is 30.3 Å². The topological polar surface area (TPSA) is 22.3 Å². The lowest BCUT2D eigenvalue weighted by molar-refractivity contribution is 1.10. The van der Waals surface area contributed by atoms with Crippen LogP contribution in [-0.4, -0.2) is 5.71 Å². The van der Waals surface area contributed by atoms with E-state index in [1.54, 1.807) is 6.08 Å². The molecule has 0 saturated carbocycles. The summed E-state index contributed by atoms with van der Waals surface area (Å²) in [7, 11) is 0. The van der Waals surface area contributed by atoms with Crippen molar-refractivity contribution in [2.75, 3.05) is 0 Å². The van der Waals surface area contributed by atoms with Crippen LogP contribution >= 0.6 is 0 Å². The van der Waals surface area contributed by atoms with Gasteiger partial charge < -0.3 is 0 Å². The molecule has 0 saturated heterocycles. The summed E-state index contributed by atoms with van der Waals surface area (Å²) in [5.41, 5.74) is 1.34. The third kappa shape index (κ3) is 2.35. The normalized spacial score (nSPS) is 9.33. The van der Waals surface area contributed by atoms with Gasteiger partial charge in [0.1, 0.15) is 0 Å². The second-order valence-corrected chi connectivity index (χ2v) is 2.64. The Morgan fingerprint density at radius 2 is 2.00 bits per heavy atom. The van der Waals surface area contributed by atoms with Gasteiger partial charge in [0.05, 0.1) is 5.71 Å². The van der Waals surface area contributed by atoms with E-state index in [-0.39, 0.29) is 0 Å². The molecule has 0 aliphatic carbocycles. The fourth-order valence-corrected chi connectivity index (χ4v) is 1.01. The van der Waals surface area contributed by atoms with Crippen molar-refractivity contribution in [2.45, 2.75) is 12.8 Å². The zero-order valence-corrected chi connectivity index (χ0v) is 7.03. The summed E-state index contributed by atoms with van der Waals surface area (Å²) >= 11 is 0. The molecule has 12 heavy (non-hydrogen) atoms. The Morgan fingerprint density at radius 3 is 2.58 bits per heavy atom. The van der Waals surface area contributed by atoms with Crippen LogP contribution < -0.4 is 5.41 Å². The van der Waals surface area contributed by atoms with Crippen molar-refractivity contribution in [3.63, 3.8) is 0 Å². The van der Waals surface area contributed by atoms with Gasteiger partial charge >= 0.3 is 0 Å². The van der Waals surface area contributed by atoms with E-state index in [9.17, 15) is 5.41 Å². The molecule has 1 radical (unpaired) electrons. The standard InChI is InChI=1S/C11H12N/c1-2-3-9-11(12)10-7-5-4-6-8-10/h2,4-8H,1,3,9H2. The Balaban J connectivity index is 2.59. The molecule has 1 nitrogen and oxygen atoms in total. The van der Waals surface area contributed by atoms with Gasteiger partial charge in [0, 0.05) is 0 Å². The average Bonchev–Trinajstić information content (AvgIpc) is 2.15. The second-order valence-electron chi connectivity index (χ2n) is 2.64. The van der Waals surface area contributed by atoms with Crippen molar-refractivity contribution >= 4 is 5.71 Å². The van der Waals surface area contributed by atoms with E-state index in [1.165, 1.54) is 0 Å². The van der Waals surface area contributed by atoms with Gasteiger partial charge in [-0.25, -0.2) is 0 Å². The minimum Gasteiger partial charge on any atom is -0.155 e. The molecule has 0 atom stereocenters. The molecule has 0 amide bonds. The highest BCUT2D eigenvalue weighted by Gasteiger charge is 1.98. The van der Waals surface area contributed by atoms with Gasteiger partial charge in [-0.05, 0) is 18.4 Å². The molecule has 0 bridgehead atoms. The number of hydrogen-bond donors (Lipinski definition) is 0. The van der Waals surface area contributed by atoms with Gasteiger partial charge in [-0.1, -0.05) is 36.4 Å². The number of rotatable bonds is 4. The summed E-state index contributed by atoms with van der Waals surface area (Å²) in [4.78, 5) is 0. The Bertz CT molecular complexity index is 262. The minimum absolute atomic E-state index is 0.440. The van der Waals surface area contributed by atoms with E-state index in [0.717, 1.165) is 12.0 Å². The van der Waals surface area contributed by atoms with Crippen LogP contribution in [0.2, 0.25) is 0 Å². The lowest BCUT2D eigenvalue weighted by atomic mass is 10.1. The molecule has 1 heteroatoms. The summed E-state index contributed by atoms with van der Waals surface area (Å²) in [5.74, 6) is 0. The molecule has 0 N–H and O–H groups in total. The molecule has 0 heterocycles. The van der Waals surface area contributed by atoms with Gasteiger partial charge in [-0.15, -0.1) is 6.58 Å². The highest BCUT2D eigenvalue weighted by Crippen LogP contribution is 2.03. The first-order chi connectivity index (χ1) is 5.84. The monoisotopic (exact) mass is 158 g/mol. The van der Waals surface area contributed by atoms with Gasteiger partial charge in [0.2, 0.25) is 0 Å². The zero-order valence-electron chi connectivity index (χ0n) is 7.03. The van der Waals surface area contributed by atoms with E-state index in [4.69, 9.17) is 0 Å². The molecule has 0 fully saturated rings. The first-order valence-corrected chi connectivity index (χ1v) is 4.05. The third-order valence-corrected chi connectivity index (χ3v) is 1.69. The van der Waals surface area contributed by atoms with Crippen LogP contribution in [-0.2, 0) is 0 Å². The Labute approximate surface area is 73.3 Å². The van der Waals surface area contributed by atoms with Gasteiger partial charge in [0.15, 0.2) is 0 Å². The van der Waals surface area contributed by atoms with Gasteiger partial charge in [0.25, 0.3) is 0 Å². The fraction of sp³-hybridized carbons (Fsp3) is 0.182.